The van der Waals surface area contributed by atoms with Gasteiger partial charge in [0.15, 0.2) is 0 Å². The van der Waals surface area contributed by atoms with Crippen molar-refractivity contribution in [2.24, 2.45) is 0 Å². The molecule has 1 aliphatic rings. The molecule has 1 fully saturated rings. The van der Waals surface area contributed by atoms with Crippen LogP contribution in [0.3, 0.4) is 0 Å². The first-order valence-electron chi connectivity index (χ1n) is 8.23. The molecule has 1 saturated heterocycles. The fourth-order valence-electron chi connectivity index (χ4n) is 3.33. The third kappa shape index (κ3) is 4.06. The van der Waals surface area contributed by atoms with Gasteiger partial charge in [0.25, 0.3) is 0 Å². The molecule has 1 aromatic rings. The summed E-state index contributed by atoms with van der Waals surface area (Å²) in [7, 11) is 4.39. The molecule has 3 heteroatoms. The highest BCUT2D eigenvalue weighted by atomic mass is 15.3. The van der Waals surface area contributed by atoms with Crippen LogP contribution in [0.25, 0.3) is 0 Å². The summed E-state index contributed by atoms with van der Waals surface area (Å²) in [5.41, 5.74) is 2.73. The molecule has 21 heavy (non-hydrogen) atoms. The van der Waals surface area contributed by atoms with E-state index in [-0.39, 0.29) is 0 Å². The molecule has 0 aromatic heterocycles. The third-order valence-electron chi connectivity index (χ3n) is 4.84. The van der Waals surface area contributed by atoms with Gasteiger partial charge in [0, 0.05) is 31.2 Å². The van der Waals surface area contributed by atoms with Gasteiger partial charge in [-0.05, 0) is 46.5 Å². The van der Waals surface area contributed by atoms with Crippen LogP contribution in [0.15, 0.2) is 24.3 Å². The first-order valence-corrected chi connectivity index (χ1v) is 8.23. The van der Waals surface area contributed by atoms with Crippen LogP contribution in [0.4, 0.5) is 0 Å². The molecule has 1 aromatic carbocycles. The van der Waals surface area contributed by atoms with E-state index in [0.29, 0.717) is 18.1 Å². The predicted octanol–water partition coefficient (Wildman–Crippen LogP) is 2.67. The van der Waals surface area contributed by atoms with Crippen LogP contribution < -0.4 is 5.32 Å². The number of aryl methyl sites for hydroxylation is 1. The highest BCUT2D eigenvalue weighted by Gasteiger charge is 2.31. The van der Waals surface area contributed by atoms with Crippen molar-refractivity contribution in [1.29, 1.82) is 0 Å². The van der Waals surface area contributed by atoms with Crippen molar-refractivity contribution < 1.29 is 0 Å². The molecule has 0 aliphatic carbocycles. The van der Waals surface area contributed by atoms with Crippen molar-refractivity contribution in [2.75, 3.05) is 33.7 Å². The minimum atomic E-state index is 0.413. The van der Waals surface area contributed by atoms with Gasteiger partial charge < -0.3 is 10.2 Å². The minimum Gasteiger partial charge on any atom is -0.309 e. The number of nitrogens with zero attached hydrogens (tertiary/aromatic N) is 2. The molecular weight excluding hydrogens is 258 g/mol. The zero-order chi connectivity index (χ0) is 15.4. The molecule has 3 atom stereocenters. The molecule has 0 bridgehead atoms. The number of benzene rings is 1. The second-order valence-electron chi connectivity index (χ2n) is 6.59. The lowest BCUT2D eigenvalue weighted by atomic mass is 9.98. The summed E-state index contributed by atoms with van der Waals surface area (Å²) in [5, 5.41) is 3.68. The maximum atomic E-state index is 3.68. The number of hydrogen-bond acceptors (Lipinski definition) is 3. The van der Waals surface area contributed by atoms with Gasteiger partial charge in [0.1, 0.15) is 0 Å². The number of likely N-dealkylation sites (tertiary alicyclic amines) is 1. The quantitative estimate of drug-likeness (QED) is 0.868. The lowest BCUT2D eigenvalue weighted by Gasteiger charge is -2.33. The predicted molar refractivity (Wildman–Crippen MR) is 90.7 cm³/mol. The summed E-state index contributed by atoms with van der Waals surface area (Å²) in [4.78, 5) is 5.00. The standard InChI is InChI=1S/C18H31N3/c1-6-19-18(16-9-7-14(2)8-10-16)15(3)21-12-11-17(13-21)20(4)5/h7-10,15,17-19H,6,11-13H2,1-5H3. The molecule has 0 radical (unpaired) electrons. The summed E-state index contributed by atoms with van der Waals surface area (Å²) < 4.78 is 0. The van der Waals surface area contributed by atoms with Crippen LogP contribution in [-0.4, -0.2) is 55.6 Å². The molecule has 3 unspecified atom stereocenters. The van der Waals surface area contributed by atoms with Gasteiger partial charge in [-0.3, -0.25) is 4.90 Å². The Labute approximate surface area is 130 Å². The second kappa shape index (κ2) is 7.39. The fraction of sp³-hybridized carbons (Fsp3) is 0.667. The van der Waals surface area contributed by atoms with Crippen LogP contribution in [0.2, 0.25) is 0 Å². The Hall–Kier alpha value is -0.900. The Bertz CT molecular complexity index is 427. The van der Waals surface area contributed by atoms with E-state index in [0.717, 1.165) is 6.54 Å². The van der Waals surface area contributed by atoms with Crippen molar-refractivity contribution in [2.45, 2.75) is 45.3 Å². The molecule has 2 rings (SSSR count). The molecule has 3 nitrogen and oxygen atoms in total. The van der Waals surface area contributed by atoms with E-state index in [2.05, 4.69) is 74.2 Å². The lowest BCUT2D eigenvalue weighted by Crippen LogP contribution is -2.43. The largest absolute Gasteiger partial charge is 0.309 e. The summed E-state index contributed by atoms with van der Waals surface area (Å²) >= 11 is 0. The van der Waals surface area contributed by atoms with E-state index in [9.17, 15) is 0 Å². The average Bonchev–Trinajstić information content (AvgIpc) is 2.95. The highest BCUT2D eigenvalue weighted by Crippen LogP contribution is 2.25. The lowest BCUT2D eigenvalue weighted by molar-refractivity contribution is 0.189. The molecule has 0 spiro atoms. The van der Waals surface area contributed by atoms with Gasteiger partial charge in [-0.2, -0.15) is 0 Å². The zero-order valence-electron chi connectivity index (χ0n) is 14.3. The van der Waals surface area contributed by atoms with Crippen molar-refractivity contribution in [3.63, 3.8) is 0 Å². The molecule has 0 amide bonds. The normalized spacial score (nSPS) is 22.7. The monoisotopic (exact) mass is 289 g/mol. The van der Waals surface area contributed by atoms with E-state index >= 15 is 0 Å². The van der Waals surface area contributed by atoms with Crippen LogP contribution in [0, 0.1) is 6.92 Å². The summed E-state index contributed by atoms with van der Waals surface area (Å²) in [5.74, 6) is 0. The number of hydrogen-bond donors (Lipinski definition) is 1. The third-order valence-corrected chi connectivity index (χ3v) is 4.84. The maximum absolute atomic E-state index is 3.68. The Morgan fingerprint density at radius 1 is 1.29 bits per heavy atom. The molecule has 1 heterocycles. The fourth-order valence-corrected chi connectivity index (χ4v) is 3.33. The van der Waals surface area contributed by atoms with Crippen molar-refractivity contribution in [1.82, 2.24) is 15.1 Å². The molecular formula is C18H31N3. The SMILES string of the molecule is CCNC(c1ccc(C)cc1)C(C)N1CCC(N(C)C)C1. The minimum absolute atomic E-state index is 0.413. The van der Waals surface area contributed by atoms with Gasteiger partial charge in [0.2, 0.25) is 0 Å². The van der Waals surface area contributed by atoms with Gasteiger partial charge in [-0.1, -0.05) is 36.8 Å². The Kier molecular flexibility index (Phi) is 5.80. The van der Waals surface area contributed by atoms with E-state index in [1.54, 1.807) is 0 Å². The summed E-state index contributed by atoms with van der Waals surface area (Å²) in [6.07, 6.45) is 1.28. The number of nitrogens with one attached hydrogen (secondary N) is 1. The zero-order valence-corrected chi connectivity index (χ0v) is 14.3. The topological polar surface area (TPSA) is 18.5 Å². The van der Waals surface area contributed by atoms with E-state index in [4.69, 9.17) is 0 Å². The maximum Gasteiger partial charge on any atom is 0.0475 e. The molecule has 1 N–H and O–H groups in total. The van der Waals surface area contributed by atoms with Crippen molar-refractivity contribution >= 4 is 0 Å². The van der Waals surface area contributed by atoms with Crippen LogP contribution in [-0.2, 0) is 0 Å². The van der Waals surface area contributed by atoms with Gasteiger partial charge >= 0.3 is 0 Å². The van der Waals surface area contributed by atoms with Gasteiger partial charge in [-0.15, -0.1) is 0 Å². The highest BCUT2D eigenvalue weighted by molar-refractivity contribution is 5.25. The molecule has 1 aliphatic heterocycles. The first-order chi connectivity index (χ1) is 10.0. The van der Waals surface area contributed by atoms with Gasteiger partial charge in [-0.25, -0.2) is 0 Å². The molecule has 118 valence electrons. The Balaban J connectivity index is 2.09. The van der Waals surface area contributed by atoms with Crippen LogP contribution in [0.1, 0.15) is 37.4 Å². The van der Waals surface area contributed by atoms with E-state index < -0.39 is 0 Å². The summed E-state index contributed by atoms with van der Waals surface area (Å²) in [6, 6.07) is 10.6. The van der Waals surface area contributed by atoms with Crippen molar-refractivity contribution in [3.8, 4) is 0 Å². The smallest absolute Gasteiger partial charge is 0.0475 e. The van der Waals surface area contributed by atoms with E-state index in [1.807, 2.05) is 0 Å². The van der Waals surface area contributed by atoms with E-state index in [1.165, 1.54) is 30.6 Å². The molecule has 0 saturated carbocycles. The first kappa shape index (κ1) is 16.5. The summed E-state index contributed by atoms with van der Waals surface area (Å²) in [6.45, 7) is 10.1. The van der Waals surface area contributed by atoms with Crippen LogP contribution >= 0.6 is 0 Å². The Morgan fingerprint density at radius 3 is 2.48 bits per heavy atom. The van der Waals surface area contributed by atoms with Gasteiger partial charge in [0.05, 0.1) is 0 Å². The number of likely N-dealkylation sites (N-methyl/N-ethyl adjacent to an activating group) is 2. The Morgan fingerprint density at radius 2 is 1.95 bits per heavy atom. The van der Waals surface area contributed by atoms with Crippen LogP contribution in [0.5, 0.6) is 0 Å². The second-order valence-corrected chi connectivity index (χ2v) is 6.59. The van der Waals surface area contributed by atoms with Crippen molar-refractivity contribution in [3.05, 3.63) is 35.4 Å². The average molecular weight is 289 g/mol. The number of rotatable bonds is 6.